The zero-order chi connectivity index (χ0) is 40.8. The number of nitro benzene ring substituents is 2. The number of guanidine groups is 2. The molecule has 10 bridgehead atoms. The third kappa shape index (κ3) is 10.2. The van der Waals surface area contributed by atoms with Crippen molar-refractivity contribution in [1.82, 2.24) is 31.9 Å². The number of hydrogen-bond acceptors (Lipinski definition) is 12. The first-order valence-corrected chi connectivity index (χ1v) is 19.0. The highest BCUT2D eigenvalue weighted by molar-refractivity contribution is 5.93. The third-order valence-corrected chi connectivity index (χ3v) is 10.3. The van der Waals surface area contributed by atoms with Crippen molar-refractivity contribution in [1.29, 1.82) is 0 Å². The Morgan fingerprint density at radius 3 is 1.28 bits per heavy atom. The van der Waals surface area contributed by atoms with E-state index < -0.39 is 21.9 Å². The summed E-state index contributed by atoms with van der Waals surface area (Å²) in [7, 11) is 0. The Morgan fingerprint density at radius 2 is 0.897 bits per heavy atom. The van der Waals surface area contributed by atoms with E-state index in [4.69, 9.17) is 0 Å². The lowest BCUT2D eigenvalue weighted by molar-refractivity contribution is -0.550. The number of anilines is 4. The van der Waals surface area contributed by atoms with Gasteiger partial charge in [0.15, 0.2) is 0 Å². The molecule has 0 aromatic heterocycles. The van der Waals surface area contributed by atoms with E-state index in [0.29, 0.717) is 13.1 Å². The molecule has 5 aliphatic rings. The SMILES string of the molecule is O=C1NC[C@@H]2CC[N+]3=C(N2)N[C@@H](CC3)CNC(=O)Nc2cc(cc([N+](=O)[O-])c2)NC(O)=[NH+]C[C@@H]2CC[N+]3=C(N[C@@H](CC3)C[NH+]=C(O)Nc3cc(cc([N+](=O)[O-])c3)N1)N2. The van der Waals surface area contributed by atoms with Gasteiger partial charge in [0.25, 0.3) is 11.4 Å². The van der Waals surface area contributed by atoms with E-state index in [1.807, 2.05) is 0 Å². The fourth-order valence-corrected chi connectivity index (χ4v) is 7.35. The quantitative estimate of drug-likeness (QED) is 0.0795. The molecule has 7 rings (SSSR count). The van der Waals surface area contributed by atoms with Crippen molar-refractivity contribution in [3.8, 4) is 0 Å². The molecule has 5 aliphatic heterocycles. The van der Waals surface area contributed by atoms with Crippen molar-refractivity contribution in [2.75, 3.05) is 73.6 Å². The highest BCUT2D eigenvalue weighted by atomic mass is 16.6. The molecular weight excluding hydrogens is 760 g/mol. The number of nitro groups is 2. The molecule has 0 fully saturated rings. The Labute approximate surface area is 330 Å². The number of urea groups is 2. The molecule has 0 unspecified atom stereocenters. The lowest BCUT2D eigenvalue weighted by Gasteiger charge is -2.31. The zero-order valence-electron chi connectivity index (χ0n) is 31.4. The number of rotatable bonds is 2. The Bertz CT molecular complexity index is 1950. The van der Waals surface area contributed by atoms with Crippen molar-refractivity contribution < 1.29 is 48.8 Å². The predicted molar refractivity (Wildman–Crippen MR) is 211 cm³/mol. The average molecular weight is 809 g/mol. The minimum atomic E-state index is -0.592. The number of amidine groups is 2. The van der Waals surface area contributed by atoms with Gasteiger partial charge < -0.3 is 31.5 Å². The second-order valence-electron chi connectivity index (χ2n) is 14.6. The first-order chi connectivity index (χ1) is 27.9. The minimum Gasteiger partial charge on any atom is -0.447 e. The summed E-state index contributed by atoms with van der Waals surface area (Å²) in [6.45, 7) is 3.99. The van der Waals surface area contributed by atoms with Crippen LogP contribution in [0.2, 0.25) is 0 Å². The number of fused-ring (bicyclic) bond motifs is 8. The minimum absolute atomic E-state index is 0.106. The maximum atomic E-state index is 13.0. The van der Waals surface area contributed by atoms with E-state index in [0.717, 1.165) is 63.8 Å². The number of benzene rings is 2. The molecule has 2 aromatic rings. The molecule has 4 atom stereocenters. The number of aliphatic hydroxyl groups excluding tert-OH is 2. The molecule has 14 N–H and O–H groups in total. The predicted octanol–water partition coefficient (Wildman–Crippen LogP) is -3.54. The molecule has 4 amide bonds. The van der Waals surface area contributed by atoms with Gasteiger partial charge in [-0.05, 0) is 0 Å². The van der Waals surface area contributed by atoms with Crippen LogP contribution in [0.3, 0.4) is 0 Å². The molecule has 24 nitrogen and oxygen atoms in total. The molecule has 2 aromatic carbocycles. The number of carbonyl (C=O) groups excluding carboxylic acids is 2. The number of amides is 4. The van der Waals surface area contributed by atoms with Crippen LogP contribution in [0.1, 0.15) is 25.7 Å². The van der Waals surface area contributed by atoms with Crippen molar-refractivity contribution in [2.45, 2.75) is 49.9 Å². The van der Waals surface area contributed by atoms with Crippen molar-refractivity contribution in [3.05, 3.63) is 56.6 Å². The average Bonchev–Trinajstić information content (AvgIpc) is 3.19. The molecule has 58 heavy (non-hydrogen) atoms. The maximum absolute atomic E-state index is 13.0. The Hall–Kier alpha value is -7.14. The van der Waals surface area contributed by atoms with E-state index in [1.54, 1.807) is 0 Å². The summed E-state index contributed by atoms with van der Waals surface area (Å²) in [6, 6.07) is 5.54. The molecule has 0 radical (unpaired) electrons. The van der Waals surface area contributed by atoms with Crippen LogP contribution >= 0.6 is 0 Å². The van der Waals surface area contributed by atoms with Crippen molar-refractivity contribution >= 4 is 70.1 Å². The van der Waals surface area contributed by atoms with Crippen LogP contribution in [-0.4, -0.2) is 142 Å². The smallest absolute Gasteiger partial charge is 0.444 e. The summed E-state index contributed by atoms with van der Waals surface area (Å²) >= 11 is 0. The Balaban J connectivity index is 1.08. The fourth-order valence-electron chi connectivity index (χ4n) is 7.35. The maximum Gasteiger partial charge on any atom is 0.444 e. The Morgan fingerprint density at radius 1 is 0.552 bits per heavy atom. The van der Waals surface area contributed by atoms with E-state index in [1.165, 1.54) is 36.4 Å². The van der Waals surface area contributed by atoms with Crippen LogP contribution in [0.15, 0.2) is 36.4 Å². The van der Waals surface area contributed by atoms with Crippen LogP contribution in [0, 0.1) is 20.2 Å². The number of nitrogens with zero attached hydrogens (tertiary/aromatic N) is 4. The van der Waals surface area contributed by atoms with Gasteiger partial charge in [0.05, 0.1) is 84.7 Å². The first kappa shape index (κ1) is 39.1. The third-order valence-electron chi connectivity index (χ3n) is 10.3. The van der Waals surface area contributed by atoms with Gasteiger partial charge in [-0.2, -0.15) is 0 Å². The van der Waals surface area contributed by atoms with Gasteiger partial charge in [0.1, 0.15) is 36.5 Å². The molecule has 308 valence electrons. The summed E-state index contributed by atoms with van der Waals surface area (Å²) in [6.07, 6.45) is 2.94. The highest BCUT2D eigenvalue weighted by Gasteiger charge is 2.34. The molecule has 24 heteroatoms. The van der Waals surface area contributed by atoms with Gasteiger partial charge in [-0.1, -0.05) is 0 Å². The van der Waals surface area contributed by atoms with Gasteiger partial charge in [-0.25, -0.2) is 30.2 Å². The first-order valence-electron chi connectivity index (χ1n) is 19.0. The second kappa shape index (κ2) is 17.3. The molecule has 5 heterocycles. The van der Waals surface area contributed by atoms with Crippen molar-refractivity contribution in [3.63, 3.8) is 0 Å². The lowest BCUT2D eigenvalue weighted by atomic mass is 10.1. The molecule has 0 aliphatic carbocycles. The van der Waals surface area contributed by atoms with Crippen molar-refractivity contribution in [2.24, 2.45) is 0 Å². The molecule has 0 spiro atoms. The van der Waals surface area contributed by atoms with E-state index >= 15 is 0 Å². The van der Waals surface area contributed by atoms with Gasteiger partial charge in [-0.3, -0.25) is 50.6 Å². The van der Waals surface area contributed by atoms with Crippen LogP contribution in [0.5, 0.6) is 0 Å². The number of carbonyl (C=O) groups is 2. The summed E-state index contributed by atoms with van der Waals surface area (Å²) in [5, 5.41) is 75.0. The largest absolute Gasteiger partial charge is 0.447 e. The Kier molecular flexibility index (Phi) is 11.7. The number of non-ortho nitro benzene ring substituents is 2. The second-order valence-corrected chi connectivity index (χ2v) is 14.6. The van der Waals surface area contributed by atoms with E-state index in [9.17, 15) is 40.0 Å². The van der Waals surface area contributed by atoms with Gasteiger partial charge in [0, 0.05) is 49.9 Å². The fraction of sp³-hybridized carbons (Fsp3) is 0.471. The van der Waals surface area contributed by atoms with E-state index in [-0.39, 0.29) is 83.4 Å². The van der Waals surface area contributed by atoms with Gasteiger partial charge in [0.2, 0.25) is 0 Å². The highest BCUT2D eigenvalue weighted by Crippen LogP contribution is 2.25. The molecule has 0 saturated heterocycles. The summed E-state index contributed by atoms with van der Waals surface area (Å²) in [5.41, 5.74) is 0.0550. The number of nitrogens with one attached hydrogen (secondary N) is 12. The summed E-state index contributed by atoms with van der Waals surface area (Å²) in [5.74, 6) is 1.53. The van der Waals surface area contributed by atoms with Crippen LogP contribution in [-0.2, 0) is 0 Å². The summed E-state index contributed by atoms with van der Waals surface area (Å²) in [4.78, 5) is 54.0. The van der Waals surface area contributed by atoms with E-state index in [2.05, 4.69) is 72.3 Å². The normalized spacial score (nSPS) is 24.3. The summed E-state index contributed by atoms with van der Waals surface area (Å²) < 4.78 is 4.29. The number of aliphatic hydroxyl groups is 2. The zero-order valence-corrected chi connectivity index (χ0v) is 31.4. The molecule has 0 saturated carbocycles. The topological polar surface area (TPSA) is 315 Å². The van der Waals surface area contributed by atoms with Crippen LogP contribution in [0.25, 0.3) is 0 Å². The monoisotopic (exact) mass is 808 g/mol. The number of hydrogen-bond donors (Lipinski definition) is 14. The van der Waals surface area contributed by atoms with Crippen LogP contribution < -0.4 is 63.2 Å². The van der Waals surface area contributed by atoms with Gasteiger partial charge >= 0.3 is 36.0 Å². The van der Waals surface area contributed by atoms with Crippen LogP contribution in [0.4, 0.5) is 43.7 Å². The lowest BCUT2D eigenvalue weighted by Crippen LogP contribution is -2.81. The molecular formula is C34H48N16O8+4. The van der Waals surface area contributed by atoms with Gasteiger partial charge in [-0.15, -0.1) is 0 Å². The standard InChI is InChI=1S/C34H44N16O8/c51-31-35-15-19-1-5-47-6-2-20(40-29(47)39-19)16-36-32(52)45-25-10-26(14-28(13-25)50(57)58)46-34(54)38-18-22-4-8-48-7-3-21(41-30(48)42-22)17-37-33(53)44-24-9-23(43-31)11-27(12-24)49(55)56/h9-14,19-22H,1-8,15-18H2,(H10,35,36,37,38,39,40,41,42,43,44,45,46,51,52,53,54)/p+4/t19-,20-,21-,22-/m0/s1.